The third-order valence-electron chi connectivity index (χ3n) is 3.70. The lowest BCUT2D eigenvalue weighted by Gasteiger charge is -2.42. The van der Waals surface area contributed by atoms with Gasteiger partial charge in [0.25, 0.3) is 0 Å². The summed E-state index contributed by atoms with van der Waals surface area (Å²) < 4.78 is 0. The minimum atomic E-state index is -0.192. The van der Waals surface area contributed by atoms with Crippen molar-refractivity contribution >= 4 is 22.9 Å². The Labute approximate surface area is 101 Å². The highest BCUT2D eigenvalue weighted by Gasteiger charge is 2.40. The van der Waals surface area contributed by atoms with Gasteiger partial charge in [0.05, 0.1) is 10.6 Å². The maximum absolute atomic E-state index is 6.59. The summed E-state index contributed by atoms with van der Waals surface area (Å²) in [4.78, 5) is 1.18. The maximum Gasteiger partial charge on any atom is 0.0564 e. The molecule has 15 heavy (non-hydrogen) atoms. The van der Waals surface area contributed by atoms with Crippen LogP contribution >= 0.6 is 22.9 Å². The topological polar surface area (TPSA) is 26.0 Å². The van der Waals surface area contributed by atoms with Crippen molar-refractivity contribution in [3.8, 4) is 0 Å². The predicted molar refractivity (Wildman–Crippen MR) is 67.4 cm³/mol. The van der Waals surface area contributed by atoms with Gasteiger partial charge >= 0.3 is 0 Å². The van der Waals surface area contributed by atoms with E-state index in [1.54, 1.807) is 11.3 Å². The normalized spacial score (nSPS) is 36.8. The van der Waals surface area contributed by atoms with Crippen molar-refractivity contribution in [3.63, 3.8) is 0 Å². The molecule has 0 amide bonds. The van der Waals surface area contributed by atoms with E-state index < -0.39 is 0 Å². The van der Waals surface area contributed by atoms with Gasteiger partial charge in [-0.3, -0.25) is 0 Å². The van der Waals surface area contributed by atoms with Crippen LogP contribution in [0.15, 0.2) is 11.4 Å². The monoisotopic (exact) mass is 243 g/mol. The average molecular weight is 244 g/mol. The molecule has 84 valence electrons. The van der Waals surface area contributed by atoms with E-state index in [9.17, 15) is 0 Å². The lowest BCUT2D eigenvalue weighted by molar-refractivity contribution is 0.165. The summed E-state index contributed by atoms with van der Waals surface area (Å²) in [6, 6.07) is 1.96. The molecule has 1 saturated carbocycles. The van der Waals surface area contributed by atoms with Crippen molar-refractivity contribution in [2.24, 2.45) is 17.6 Å². The second-order valence-corrected chi connectivity index (χ2v) is 6.25. The van der Waals surface area contributed by atoms with Crippen molar-refractivity contribution in [2.75, 3.05) is 0 Å². The first-order valence-electron chi connectivity index (χ1n) is 5.56. The number of hydrogen-bond acceptors (Lipinski definition) is 2. The van der Waals surface area contributed by atoms with E-state index in [1.807, 2.05) is 11.4 Å². The Balaban J connectivity index is 2.35. The summed E-state index contributed by atoms with van der Waals surface area (Å²) >= 11 is 7.91. The number of thiophene rings is 1. The number of halogens is 1. The third kappa shape index (κ3) is 1.95. The Morgan fingerprint density at radius 3 is 2.80 bits per heavy atom. The van der Waals surface area contributed by atoms with Crippen LogP contribution in [0.25, 0.3) is 0 Å². The number of nitrogens with two attached hydrogens (primary N) is 1. The van der Waals surface area contributed by atoms with Crippen LogP contribution in [0.5, 0.6) is 0 Å². The fraction of sp³-hybridized carbons (Fsp3) is 0.667. The largest absolute Gasteiger partial charge is 0.320 e. The predicted octanol–water partition coefficient (Wildman–Crippen LogP) is 4.01. The Hall–Kier alpha value is -0.0500. The van der Waals surface area contributed by atoms with Gasteiger partial charge in [0.15, 0.2) is 0 Å². The Kier molecular flexibility index (Phi) is 3.11. The van der Waals surface area contributed by atoms with Gasteiger partial charge in [0, 0.05) is 4.88 Å². The fourth-order valence-electron chi connectivity index (χ4n) is 2.61. The summed E-state index contributed by atoms with van der Waals surface area (Å²) in [6.07, 6.45) is 3.57. The van der Waals surface area contributed by atoms with Crippen LogP contribution < -0.4 is 5.73 Å². The van der Waals surface area contributed by atoms with E-state index >= 15 is 0 Å². The van der Waals surface area contributed by atoms with Crippen LogP contribution in [0.1, 0.15) is 38.0 Å². The van der Waals surface area contributed by atoms with Crippen molar-refractivity contribution in [3.05, 3.63) is 21.3 Å². The minimum absolute atomic E-state index is 0.192. The minimum Gasteiger partial charge on any atom is -0.320 e. The highest BCUT2D eigenvalue weighted by Crippen LogP contribution is 2.46. The van der Waals surface area contributed by atoms with E-state index in [-0.39, 0.29) is 5.54 Å². The lowest BCUT2D eigenvalue weighted by atomic mass is 9.69. The number of hydrogen-bond donors (Lipinski definition) is 1. The lowest BCUT2D eigenvalue weighted by Crippen LogP contribution is -2.46. The quantitative estimate of drug-likeness (QED) is 0.793. The van der Waals surface area contributed by atoms with Crippen LogP contribution in [0, 0.1) is 11.8 Å². The van der Waals surface area contributed by atoms with Crippen LogP contribution in [0.2, 0.25) is 5.02 Å². The Morgan fingerprint density at radius 1 is 1.47 bits per heavy atom. The molecule has 3 atom stereocenters. The van der Waals surface area contributed by atoms with Gasteiger partial charge in [-0.2, -0.15) is 0 Å². The molecule has 2 N–H and O–H groups in total. The van der Waals surface area contributed by atoms with Crippen molar-refractivity contribution in [1.29, 1.82) is 0 Å². The standard InChI is InChI=1S/C12H18ClNS/c1-8-3-4-9(2)12(14,7-8)11-10(13)5-6-15-11/h5-6,8-9H,3-4,7,14H2,1-2H3. The molecular weight excluding hydrogens is 226 g/mol. The Bertz CT molecular complexity index is 349. The number of rotatable bonds is 1. The molecule has 1 aromatic heterocycles. The molecule has 0 aliphatic heterocycles. The smallest absolute Gasteiger partial charge is 0.0564 e. The highest BCUT2D eigenvalue weighted by atomic mass is 35.5. The van der Waals surface area contributed by atoms with Gasteiger partial charge < -0.3 is 5.73 Å². The molecule has 0 aromatic carbocycles. The van der Waals surface area contributed by atoms with Crippen LogP contribution in [0.4, 0.5) is 0 Å². The molecule has 1 nitrogen and oxygen atoms in total. The van der Waals surface area contributed by atoms with Crippen molar-refractivity contribution < 1.29 is 0 Å². The van der Waals surface area contributed by atoms with E-state index in [0.29, 0.717) is 11.8 Å². The summed E-state index contributed by atoms with van der Waals surface area (Å²) in [5.41, 5.74) is 6.39. The van der Waals surface area contributed by atoms with Gasteiger partial charge in [-0.1, -0.05) is 31.9 Å². The highest BCUT2D eigenvalue weighted by molar-refractivity contribution is 7.10. The zero-order valence-electron chi connectivity index (χ0n) is 9.29. The molecule has 1 heterocycles. The van der Waals surface area contributed by atoms with Crippen molar-refractivity contribution in [2.45, 2.75) is 38.6 Å². The van der Waals surface area contributed by atoms with E-state index in [1.165, 1.54) is 17.7 Å². The molecule has 0 saturated heterocycles. The maximum atomic E-state index is 6.59. The zero-order valence-corrected chi connectivity index (χ0v) is 10.9. The van der Waals surface area contributed by atoms with Crippen LogP contribution in [0.3, 0.4) is 0 Å². The van der Waals surface area contributed by atoms with Crippen LogP contribution in [-0.2, 0) is 5.54 Å². The van der Waals surface area contributed by atoms with Gasteiger partial charge in [-0.05, 0) is 36.1 Å². The molecule has 3 unspecified atom stereocenters. The van der Waals surface area contributed by atoms with Crippen LogP contribution in [-0.4, -0.2) is 0 Å². The molecule has 0 spiro atoms. The molecule has 3 heteroatoms. The summed E-state index contributed by atoms with van der Waals surface area (Å²) in [5.74, 6) is 1.24. The first kappa shape index (κ1) is 11.4. The molecule has 2 rings (SSSR count). The molecule has 1 aliphatic carbocycles. The molecule has 0 bridgehead atoms. The zero-order chi connectivity index (χ0) is 11.1. The first-order chi connectivity index (χ1) is 7.04. The fourth-order valence-corrected chi connectivity index (χ4v) is 4.09. The van der Waals surface area contributed by atoms with E-state index in [0.717, 1.165) is 11.4 Å². The summed E-state index contributed by atoms with van der Waals surface area (Å²) in [7, 11) is 0. The third-order valence-corrected chi connectivity index (χ3v) is 5.23. The second kappa shape index (κ2) is 4.08. The Morgan fingerprint density at radius 2 is 2.20 bits per heavy atom. The van der Waals surface area contributed by atoms with Crippen molar-refractivity contribution in [1.82, 2.24) is 0 Å². The van der Waals surface area contributed by atoms with E-state index in [2.05, 4.69) is 13.8 Å². The van der Waals surface area contributed by atoms with E-state index in [4.69, 9.17) is 17.3 Å². The van der Waals surface area contributed by atoms with Gasteiger partial charge in [-0.15, -0.1) is 11.3 Å². The van der Waals surface area contributed by atoms with Gasteiger partial charge in [-0.25, -0.2) is 0 Å². The molecule has 1 fully saturated rings. The molecule has 1 aliphatic rings. The molecule has 1 aromatic rings. The second-order valence-electron chi connectivity index (χ2n) is 4.93. The van der Waals surface area contributed by atoms with Gasteiger partial charge in [0.1, 0.15) is 0 Å². The summed E-state index contributed by atoms with van der Waals surface area (Å²) in [5, 5.41) is 2.89. The van der Waals surface area contributed by atoms with Gasteiger partial charge in [0.2, 0.25) is 0 Å². The summed E-state index contributed by atoms with van der Waals surface area (Å²) in [6.45, 7) is 4.54. The average Bonchev–Trinajstić information content (AvgIpc) is 2.59. The molecular formula is C12H18ClNS. The SMILES string of the molecule is CC1CCC(C)C(N)(c2sccc2Cl)C1. The first-order valence-corrected chi connectivity index (χ1v) is 6.82. The molecule has 0 radical (unpaired) electrons.